The Morgan fingerprint density at radius 1 is 1.20 bits per heavy atom. The van der Waals surface area contributed by atoms with E-state index in [9.17, 15) is 9.59 Å². The molecule has 2 aromatic heterocycles. The maximum Gasteiger partial charge on any atom is 0.220 e. The third-order valence-electron chi connectivity index (χ3n) is 3.83. The Bertz CT molecular complexity index is 827. The second-order valence-electron chi connectivity index (χ2n) is 5.62. The Morgan fingerprint density at radius 2 is 2.00 bits per heavy atom. The van der Waals surface area contributed by atoms with Gasteiger partial charge in [-0.2, -0.15) is 5.10 Å². The van der Waals surface area contributed by atoms with Crippen molar-refractivity contribution in [1.29, 1.82) is 0 Å². The molecule has 0 unspecified atom stereocenters. The average molecular weight is 354 g/mol. The van der Waals surface area contributed by atoms with Gasteiger partial charge in [0.05, 0.1) is 16.6 Å². The molecule has 0 aliphatic carbocycles. The van der Waals surface area contributed by atoms with E-state index in [-0.39, 0.29) is 30.6 Å². The fourth-order valence-corrected chi connectivity index (χ4v) is 3.14. The largest absolute Gasteiger partial charge is 0.350 e. The van der Waals surface area contributed by atoms with Crippen LogP contribution in [0.1, 0.15) is 41.0 Å². The highest BCUT2D eigenvalue weighted by Crippen LogP contribution is 2.16. The minimum absolute atomic E-state index is 0.00925. The van der Waals surface area contributed by atoms with Crippen molar-refractivity contribution in [2.75, 3.05) is 0 Å². The average Bonchev–Trinajstić information content (AvgIpc) is 3.33. The second kappa shape index (κ2) is 7.85. The summed E-state index contributed by atoms with van der Waals surface area (Å²) in [4.78, 5) is 28.6. The van der Waals surface area contributed by atoms with E-state index in [4.69, 9.17) is 0 Å². The van der Waals surface area contributed by atoms with Gasteiger partial charge in [0, 0.05) is 12.8 Å². The van der Waals surface area contributed by atoms with Crippen LogP contribution >= 0.6 is 11.3 Å². The number of thiophene rings is 1. The summed E-state index contributed by atoms with van der Waals surface area (Å²) < 4.78 is 1.67. The summed E-state index contributed by atoms with van der Waals surface area (Å²) in [6.07, 6.45) is 3.53. The number of rotatable bonds is 7. The molecule has 25 heavy (non-hydrogen) atoms. The van der Waals surface area contributed by atoms with Crippen LogP contribution in [0.4, 0.5) is 0 Å². The van der Waals surface area contributed by atoms with E-state index in [0.29, 0.717) is 4.88 Å². The first-order valence-corrected chi connectivity index (χ1v) is 8.82. The zero-order chi connectivity index (χ0) is 17.6. The van der Waals surface area contributed by atoms with Crippen molar-refractivity contribution < 1.29 is 9.59 Å². The zero-order valence-corrected chi connectivity index (χ0v) is 14.6. The van der Waals surface area contributed by atoms with Crippen LogP contribution in [-0.2, 0) is 4.79 Å². The SMILES string of the molecule is C[C@H](NC(=O)CCC(=O)c1cccs1)c1ccc(-n2cncn2)cc1. The number of hydrogen-bond donors (Lipinski definition) is 1. The summed E-state index contributed by atoms with van der Waals surface area (Å²) in [7, 11) is 0. The molecule has 0 saturated heterocycles. The van der Waals surface area contributed by atoms with E-state index in [1.807, 2.05) is 42.6 Å². The van der Waals surface area contributed by atoms with Gasteiger partial charge in [-0.15, -0.1) is 11.3 Å². The Morgan fingerprint density at radius 3 is 2.64 bits per heavy atom. The standard InChI is InChI=1S/C18H18N4O2S/c1-13(14-4-6-15(7-5-14)22-12-19-11-20-22)21-18(24)9-8-16(23)17-3-2-10-25-17/h2-7,10-13H,8-9H2,1H3,(H,21,24)/t13-/m0/s1. The Hall–Kier alpha value is -2.80. The number of nitrogens with one attached hydrogen (secondary N) is 1. The van der Waals surface area contributed by atoms with Crippen molar-refractivity contribution in [2.45, 2.75) is 25.8 Å². The summed E-state index contributed by atoms with van der Waals surface area (Å²) in [5.41, 5.74) is 1.89. The molecule has 1 atom stereocenters. The molecule has 0 saturated carbocycles. The van der Waals surface area contributed by atoms with Crippen molar-refractivity contribution in [3.05, 3.63) is 64.9 Å². The first-order valence-electron chi connectivity index (χ1n) is 7.94. The fraction of sp³-hybridized carbons (Fsp3) is 0.222. The van der Waals surface area contributed by atoms with Crippen LogP contribution in [0.25, 0.3) is 5.69 Å². The molecule has 0 spiro atoms. The van der Waals surface area contributed by atoms with Crippen molar-refractivity contribution in [3.63, 3.8) is 0 Å². The van der Waals surface area contributed by atoms with Crippen LogP contribution in [0.2, 0.25) is 0 Å². The summed E-state index contributed by atoms with van der Waals surface area (Å²) in [6, 6.07) is 11.2. The highest BCUT2D eigenvalue weighted by atomic mass is 32.1. The van der Waals surface area contributed by atoms with Crippen LogP contribution in [0.5, 0.6) is 0 Å². The number of amides is 1. The number of nitrogens with zero attached hydrogens (tertiary/aromatic N) is 3. The number of aromatic nitrogens is 3. The Balaban J connectivity index is 1.52. The lowest BCUT2D eigenvalue weighted by Gasteiger charge is -2.14. The molecule has 0 radical (unpaired) electrons. The smallest absolute Gasteiger partial charge is 0.220 e. The molecular weight excluding hydrogens is 336 g/mol. The molecule has 0 fully saturated rings. The summed E-state index contributed by atoms with van der Waals surface area (Å²) in [5, 5.41) is 8.86. The van der Waals surface area contributed by atoms with E-state index < -0.39 is 0 Å². The van der Waals surface area contributed by atoms with Gasteiger partial charge in [0.25, 0.3) is 0 Å². The van der Waals surface area contributed by atoms with Crippen LogP contribution in [0.15, 0.2) is 54.4 Å². The molecule has 1 aromatic carbocycles. The first-order chi connectivity index (χ1) is 12.1. The van der Waals surface area contributed by atoms with Crippen LogP contribution in [0, 0.1) is 0 Å². The van der Waals surface area contributed by atoms with Crippen molar-refractivity contribution in [2.24, 2.45) is 0 Å². The highest BCUT2D eigenvalue weighted by molar-refractivity contribution is 7.12. The molecule has 0 bridgehead atoms. The molecule has 0 aliphatic rings. The van der Waals surface area contributed by atoms with E-state index in [2.05, 4.69) is 15.4 Å². The van der Waals surface area contributed by atoms with Gasteiger partial charge >= 0.3 is 0 Å². The number of carbonyl (C=O) groups excluding carboxylic acids is 2. The van der Waals surface area contributed by atoms with Gasteiger partial charge in [0.2, 0.25) is 5.91 Å². The van der Waals surface area contributed by atoms with Crippen molar-refractivity contribution in [1.82, 2.24) is 20.1 Å². The van der Waals surface area contributed by atoms with Gasteiger partial charge in [0.15, 0.2) is 5.78 Å². The predicted octanol–water partition coefficient (Wildman–Crippen LogP) is 3.17. The minimum Gasteiger partial charge on any atom is -0.350 e. The summed E-state index contributed by atoms with van der Waals surface area (Å²) in [5.74, 6) is -0.118. The van der Waals surface area contributed by atoms with Crippen LogP contribution in [-0.4, -0.2) is 26.5 Å². The molecule has 2 heterocycles. The fourth-order valence-electron chi connectivity index (χ4n) is 2.44. The van der Waals surface area contributed by atoms with Gasteiger partial charge in [-0.25, -0.2) is 9.67 Å². The third kappa shape index (κ3) is 4.39. The lowest BCUT2D eigenvalue weighted by atomic mass is 10.1. The third-order valence-corrected chi connectivity index (χ3v) is 4.74. The zero-order valence-electron chi connectivity index (χ0n) is 13.8. The molecule has 0 aliphatic heterocycles. The van der Waals surface area contributed by atoms with E-state index >= 15 is 0 Å². The molecule has 6 nitrogen and oxygen atoms in total. The number of carbonyl (C=O) groups is 2. The topological polar surface area (TPSA) is 76.9 Å². The van der Waals surface area contributed by atoms with Gasteiger partial charge in [-0.3, -0.25) is 9.59 Å². The first kappa shape index (κ1) is 17.0. The van der Waals surface area contributed by atoms with E-state index in [1.54, 1.807) is 17.1 Å². The molecule has 7 heteroatoms. The van der Waals surface area contributed by atoms with E-state index in [1.165, 1.54) is 17.7 Å². The van der Waals surface area contributed by atoms with Crippen molar-refractivity contribution in [3.8, 4) is 5.69 Å². The molecule has 128 valence electrons. The number of benzene rings is 1. The highest BCUT2D eigenvalue weighted by Gasteiger charge is 2.13. The Kier molecular flexibility index (Phi) is 5.35. The van der Waals surface area contributed by atoms with Crippen LogP contribution < -0.4 is 5.32 Å². The normalized spacial score (nSPS) is 11.9. The van der Waals surface area contributed by atoms with Gasteiger partial charge in [0.1, 0.15) is 12.7 Å². The number of hydrogen-bond acceptors (Lipinski definition) is 5. The molecule has 3 aromatic rings. The maximum absolute atomic E-state index is 12.1. The number of Topliss-reactive ketones (excluding diaryl/α,β-unsaturated/α-hetero) is 1. The molecular formula is C18H18N4O2S. The molecule has 1 amide bonds. The van der Waals surface area contributed by atoms with Gasteiger partial charge < -0.3 is 5.32 Å². The minimum atomic E-state index is -0.130. The summed E-state index contributed by atoms with van der Waals surface area (Å²) >= 11 is 1.40. The molecule has 1 N–H and O–H groups in total. The monoisotopic (exact) mass is 354 g/mol. The van der Waals surface area contributed by atoms with Crippen LogP contribution in [0.3, 0.4) is 0 Å². The maximum atomic E-state index is 12.1. The van der Waals surface area contributed by atoms with E-state index in [0.717, 1.165) is 11.3 Å². The quantitative estimate of drug-likeness (QED) is 0.661. The van der Waals surface area contributed by atoms with Gasteiger partial charge in [-0.1, -0.05) is 18.2 Å². The number of ketones is 1. The van der Waals surface area contributed by atoms with Crippen molar-refractivity contribution >= 4 is 23.0 Å². The summed E-state index contributed by atoms with van der Waals surface area (Å²) in [6.45, 7) is 1.92. The Labute approximate surface area is 149 Å². The predicted molar refractivity (Wildman–Crippen MR) is 95.8 cm³/mol. The lowest BCUT2D eigenvalue weighted by molar-refractivity contribution is -0.121. The van der Waals surface area contributed by atoms with Gasteiger partial charge in [-0.05, 0) is 36.1 Å². The lowest BCUT2D eigenvalue weighted by Crippen LogP contribution is -2.26. The molecule has 3 rings (SSSR count). The second-order valence-corrected chi connectivity index (χ2v) is 6.57.